The van der Waals surface area contributed by atoms with Gasteiger partial charge in [0.2, 0.25) is 0 Å². The molecular formula is C15H20O4. The smallest absolute Gasteiger partial charge is 0.336 e. The van der Waals surface area contributed by atoms with Crippen molar-refractivity contribution in [3.8, 4) is 0 Å². The van der Waals surface area contributed by atoms with Gasteiger partial charge in [-0.2, -0.15) is 0 Å². The van der Waals surface area contributed by atoms with Gasteiger partial charge >= 0.3 is 5.97 Å². The van der Waals surface area contributed by atoms with Gasteiger partial charge in [-0.1, -0.05) is 19.4 Å². The van der Waals surface area contributed by atoms with Gasteiger partial charge in [-0.3, -0.25) is 0 Å². The van der Waals surface area contributed by atoms with E-state index in [-0.39, 0.29) is 17.4 Å². The van der Waals surface area contributed by atoms with E-state index in [1.165, 1.54) is 0 Å². The monoisotopic (exact) mass is 264 g/mol. The summed E-state index contributed by atoms with van der Waals surface area (Å²) < 4.78 is 5.12. The van der Waals surface area contributed by atoms with Crippen molar-refractivity contribution >= 4 is 5.97 Å². The summed E-state index contributed by atoms with van der Waals surface area (Å²) in [5, 5.41) is 20.6. The van der Waals surface area contributed by atoms with Gasteiger partial charge in [-0.25, -0.2) is 4.79 Å². The Morgan fingerprint density at radius 1 is 1.47 bits per heavy atom. The lowest BCUT2D eigenvalue weighted by atomic mass is 9.58. The molecule has 1 saturated carbocycles. The first-order valence-electron chi connectivity index (χ1n) is 6.84. The Morgan fingerprint density at radius 3 is 2.84 bits per heavy atom. The van der Waals surface area contributed by atoms with Crippen LogP contribution in [0.3, 0.4) is 0 Å². The van der Waals surface area contributed by atoms with Crippen molar-refractivity contribution in [1.82, 2.24) is 0 Å². The van der Waals surface area contributed by atoms with E-state index in [1.807, 2.05) is 6.92 Å². The van der Waals surface area contributed by atoms with Crippen molar-refractivity contribution < 1.29 is 19.7 Å². The molecule has 0 amide bonds. The molecule has 0 radical (unpaired) electrons. The van der Waals surface area contributed by atoms with E-state index in [1.54, 1.807) is 13.0 Å². The molecule has 0 spiro atoms. The molecule has 1 aliphatic heterocycles. The fourth-order valence-electron chi connectivity index (χ4n) is 3.72. The van der Waals surface area contributed by atoms with Crippen molar-refractivity contribution in [1.29, 1.82) is 0 Å². The summed E-state index contributed by atoms with van der Waals surface area (Å²) in [6.45, 7) is 5.84. The molecule has 0 aromatic carbocycles. The Labute approximate surface area is 112 Å². The molecule has 3 rings (SSSR count). The Kier molecular flexibility index (Phi) is 2.51. The molecule has 2 aliphatic carbocycles. The van der Waals surface area contributed by atoms with Crippen molar-refractivity contribution in [3.05, 3.63) is 22.8 Å². The van der Waals surface area contributed by atoms with Crippen LogP contribution >= 0.6 is 0 Å². The normalized spacial score (nSPS) is 45.5. The second-order valence-electron chi connectivity index (χ2n) is 6.35. The van der Waals surface area contributed by atoms with E-state index >= 15 is 0 Å². The van der Waals surface area contributed by atoms with Crippen LogP contribution in [-0.4, -0.2) is 28.1 Å². The Hall–Kier alpha value is -1.13. The van der Waals surface area contributed by atoms with Crippen LogP contribution in [0.4, 0.5) is 0 Å². The third-order valence-electron chi connectivity index (χ3n) is 5.38. The second-order valence-corrected chi connectivity index (χ2v) is 6.35. The molecule has 2 N–H and O–H groups in total. The number of hydrogen-bond acceptors (Lipinski definition) is 4. The third-order valence-corrected chi connectivity index (χ3v) is 5.38. The average molecular weight is 264 g/mol. The molecule has 4 nitrogen and oxygen atoms in total. The van der Waals surface area contributed by atoms with Crippen molar-refractivity contribution in [2.45, 2.75) is 51.9 Å². The van der Waals surface area contributed by atoms with Crippen LogP contribution < -0.4 is 0 Å². The van der Waals surface area contributed by atoms with Gasteiger partial charge in [0.1, 0.15) is 0 Å². The van der Waals surface area contributed by atoms with Crippen LogP contribution in [0.2, 0.25) is 0 Å². The summed E-state index contributed by atoms with van der Waals surface area (Å²) in [5.74, 6) is -1.88. The maximum Gasteiger partial charge on any atom is 0.336 e. The summed E-state index contributed by atoms with van der Waals surface area (Å²) >= 11 is 0. The highest BCUT2D eigenvalue weighted by Crippen LogP contribution is 2.56. The zero-order valence-electron chi connectivity index (χ0n) is 11.6. The highest BCUT2D eigenvalue weighted by molar-refractivity contribution is 5.92. The molecule has 4 heteroatoms. The quantitative estimate of drug-likeness (QED) is 0.516. The standard InChI is InChI=1S/C15H20O4/c1-8-11-7-14(3)9(2)12(16)5-4-10(14)6-15(11,18)19-13(8)17/h6,9,12,16,18H,4-5,7H2,1-3H3. The predicted molar refractivity (Wildman–Crippen MR) is 69.0 cm³/mol. The number of hydrogen-bond donors (Lipinski definition) is 2. The SMILES string of the molecule is CC1=C2CC3(C)C(=CC2(O)OC1=O)CCC(O)C3C. The lowest BCUT2D eigenvalue weighted by Gasteiger charge is -2.49. The van der Waals surface area contributed by atoms with E-state index in [0.29, 0.717) is 24.0 Å². The molecule has 104 valence electrons. The van der Waals surface area contributed by atoms with E-state index < -0.39 is 11.8 Å². The van der Waals surface area contributed by atoms with Gasteiger partial charge in [0.05, 0.1) is 6.10 Å². The number of ether oxygens (including phenoxy) is 1. The molecule has 19 heavy (non-hydrogen) atoms. The number of esters is 1. The van der Waals surface area contributed by atoms with Gasteiger partial charge in [0, 0.05) is 11.1 Å². The lowest BCUT2D eigenvalue weighted by molar-refractivity contribution is -0.170. The van der Waals surface area contributed by atoms with Gasteiger partial charge in [-0.05, 0) is 43.6 Å². The molecule has 0 aromatic rings. The summed E-state index contributed by atoms with van der Waals surface area (Å²) in [7, 11) is 0. The Balaban J connectivity index is 2.13. The molecular weight excluding hydrogens is 244 g/mol. The minimum atomic E-state index is -1.54. The van der Waals surface area contributed by atoms with Gasteiger partial charge in [0.25, 0.3) is 5.79 Å². The minimum Gasteiger partial charge on any atom is -0.422 e. The first kappa shape index (κ1) is 12.9. The zero-order valence-corrected chi connectivity index (χ0v) is 11.6. The number of fused-ring (bicyclic) bond motifs is 2. The van der Waals surface area contributed by atoms with E-state index in [4.69, 9.17) is 4.74 Å². The van der Waals surface area contributed by atoms with E-state index in [2.05, 4.69) is 6.92 Å². The summed E-state index contributed by atoms with van der Waals surface area (Å²) in [6, 6.07) is 0. The maximum absolute atomic E-state index is 11.7. The number of allylic oxidation sites excluding steroid dienone is 1. The van der Waals surface area contributed by atoms with Gasteiger partial charge < -0.3 is 14.9 Å². The summed E-state index contributed by atoms with van der Waals surface area (Å²) in [6.07, 6.45) is 3.39. The summed E-state index contributed by atoms with van der Waals surface area (Å²) in [5.41, 5.74) is 2.06. The van der Waals surface area contributed by atoms with Gasteiger partial charge in [-0.15, -0.1) is 0 Å². The van der Waals surface area contributed by atoms with Crippen LogP contribution in [0.5, 0.6) is 0 Å². The molecule has 0 aromatic heterocycles. The number of aliphatic hydroxyl groups excluding tert-OH is 1. The summed E-state index contributed by atoms with van der Waals surface area (Å²) in [4.78, 5) is 11.7. The fourth-order valence-corrected chi connectivity index (χ4v) is 3.72. The highest BCUT2D eigenvalue weighted by Gasteiger charge is 2.54. The Bertz CT molecular complexity index is 518. The van der Waals surface area contributed by atoms with Crippen LogP contribution in [0.15, 0.2) is 22.8 Å². The maximum atomic E-state index is 11.7. The second kappa shape index (κ2) is 3.70. The molecule has 0 saturated heterocycles. The highest BCUT2D eigenvalue weighted by atomic mass is 16.7. The van der Waals surface area contributed by atoms with Crippen molar-refractivity contribution in [3.63, 3.8) is 0 Å². The van der Waals surface area contributed by atoms with Crippen LogP contribution in [0.25, 0.3) is 0 Å². The zero-order chi connectivity index (χ0) is 14.0. The topological polar surface area (TPSA) is 66.8 Å². The lowest BCUT2D eigenvalue weighted by Crippen LogP contribution is -2.46. The molecule has 1 heterocycles. The first-order valence-corrected chi connectivity index (χ1v) is 6.84. The minimum absolute atomic E-state index is 0.105. The van der Waals surface area contributed by atoms with Crippen LogP contribution in [0.1, 0.15) is 40.0 Å². The van der Waals surface area contributed by atoms with Crippen LogP contribution in [-0.2, 0) is 9.53 Å². The first-order chi connectivity index (χ1) is 8.78. The molecule has 1 fully saturated rings. The number of rotatable bonds is 0. The predicted octanol–water partition coefficient (Wildman–Crippen LogP) is 1.68. The molecule has 4 unspecified atom stereocenters. The average Bonchev–Trinajstić information content (AvgIpc) is 2.55. The number of carbonyl (C=O) groups excluding carboxylic acids is 1. The Morgan fingerprint density at radius 2 is 2.16 bits per heavy atom. The number of aliphatic hydroxyl groups is 2. The largest absolute Gasteiger partial charge is 0.422 e. The fraction of sp³-hybridized carbons (Fsp3) is 0.667. The van der Waals surface area contributed by atoms with Gasteiger partial charge in [0.15, 0.2) is 0 Å². The van der Waals surface area contributed by atoms with Crippen LogP contribution in [0, 0.1) is 11.3 Å². The van der Waals surface area contributed by atoms with Crippen molar-refractivity contribution in [2.24, 2.45) is 11.3 Å². The molecule has 0 bridgehead atoms. The molecule has 3 aliphatic rings. The van der Waals surface area contributed by atoms with Crippen molar-refractivity contribution in [2.75, 3.05) is 0 Å². The third kappa shape index (κ3) is 1.56. The van der Waals surface area contributed by atoms with E-state index in [0.717, 1.165) is 12.0 Å². The molecule has 4 atom stereocenters. The number of carbonyl (C=O) groups is 1. The van der Waals surface area contributed by atoms with E-state index in [9.17, 15) is 15.0 Å².